The van der Waals surface area contributed by atoms with Crippen LogP contribution in [0.15, 0.2) is 12.2 Å². The Morgan fingerprint density at radius 3 is 1.96 bits per heavy atom. The number of alkyl carbamates (subject to hydrolysis) is 1. The average molecular weight is 1080 g/mol. The van der Waals surface area contributed by atoms with E-state index in [9.17, 15) is 34.8 Å². The molecular formula is C61H109N3O12. The molecule has 1 aliphatic heterocycles. The fraction of sp³-hybridized carbons (Fsp3) is 0.918. The Hall–Kier alpha value is -2.37. The number of ether oxygens (including phenoxy) is 5. The summed E-state index contributed by atoms with van der Waals surface area (Å²) in [6.45, 7) is 12.3. The first-order chi connectivity index (χ1) is 36.8. The van der Waals surface area contributed by atoms with Crippen molar-refractivity contribution in [1.29, 1.82) is 0 Å². The number of aliphatic hydroxyl groups excluding tert-OH is 4. The van der Waals surface area contributed by atoms with Crippen molar-refractivity contribution in [3.8, 4) is 0 Å². The number of allylic oxidation sites excluding steroid dienone is 2. The highest BCUT2D eigenvalue weighted by Gasteiger charge is 2.61. The van der Waals surface area contributed by atoms with Gasteiger partial charge in [-0.1, -0.05) is 104 Å². The third-order valence-corrected chi connectivity index (χ3v) is 19.1. The number of amides is 3. The summed E-state index contributed by atoms with van der Waals surface area (Å²) in [6.07, 6.45) is 31.3. The zero-order chi connectivity index (χ0) is 54.6. The fourth-order valence-electron chi connectivity index (χ4n) is 14.6. The van der Waals surface area contributed by atoms with E-state index < -0.39 is 37.3 Å². The van der Waals surface area contributed by atoms with Gasteiger partial charge in [0.2, 0.25) is 11.8 Å². The summed E-state index contributed by atoms with van der Waals surface area (Å²) in [5, 5.41) is 48.1. The zero-order valence-electron chi connectivity index (χ0n) is 48.0. The Balaban J connectivity index is 0.836. The van der Waals surface area contributed by atoms with Gasteiger partial charge in [-0.2, -0.15) is 0 Å². The Morgan fingerprint density at radius 2 is 1.24 bits per heavy atom. The van der Waals surface area contributed by atoms with Gasteiger partial charge in [0, 0.05) is 32.5 Å². The monoisotopic (exact) mass is 1080 g/mol. The van der Waals surface area contributed by atoms with E-state index in [0.29, 0.717) is 80.9 Å². The van der Waals surface area contributed by atoms with Crippen LogP contribution in [0.25, 0.3) is 0 Å². The number of rotatable bonds is 38. The van der Waals surface area contributed by atoms with Gasteiger partial charge < -0.3 is 60.1 Å². The minimum atomic E-state index is -1.49. The third kappa shape index (κ3) is 20.6. The number of carbonyl (C=O) groups is 3. The molecular weight excluding hydrogens is 967 g/mol. The fourth-order valence-corrected chi connectivity index (χ4v) is 14.6. The van der Waals surface area contributed by atoms with Gasteiger partial charge in [0.15, 0.2) is 6.29 Å². The van der Waals surface area contributed by atoms with Gasteiger partial charge in [-0.25, -0.2) is 4.79 Å². The Morgan fingerprint density at radius 1 is 0.632 bits per heavy atom. The molecule has 8 unspecified atom stereocenters. The van der Waals surface area contributed by atoms with Gasteiger partial charge in [-0.15, -0.1) is 0 Å². The number of hydrogen-bond acceptors (Lipinski definition) is 12. The first-order valence-electron chi connectivity index (χ1n) is 31.0. The number of hydrogen-bond donors (Lipinski definition) is 7. The smallest absolute Gasteiger partial charge is 0.407 e. The van der Waals surface area contributed by atoms with E-state index in [4.69, 9.17) is 23.7 Å². The highest BCUT2D eigenvalue weighted by Crippen LogP contribution is 2.68. The molecule has 1 heterocycles. The number of fused-ring (bicyclic) bond motifs is 5. The van der Waals surface area contributed by atoms with Crippen LogP contribution in [0, 0.1) is 46.3 Å². The van der Waals surface area contributed by atoms with Gasteiger partial charge in [0.25, 0.3) is 0 Å². The maximum Gasteiger partial charge on any atom is 0.407 e. The molecule has 1 saturated heterocycles. The van der Waals surface area contributed by atoms with Crippen LogP contribution in [0.5, 0.6) is 0 Å². The maximum atomic E-state index is 13.0. The molecule has 0 aromatic heterocycles. The van der Waals surface area contributed by atoms with Crippen LogP contribution in [0.3, 0.4) is 0 Å². The summed E-state index contributed by atoms with van der Waals surface area (Å²) in [4.78, 5) is 38.2. The zero-order valence-corrected chi connectivity index (χ0v) is 48.0. The normalized spacial score (nSPS) is 31.6. The molecule has 76 heavy (non-hydrogen) atoms. The largest absolute Gasteiger partial charge is 0.446 e. The minimum absolute atomic E-state index is 0.0224. The van der Waals surface area contributed by atoms with Crippen LogP contribution in [-0.2, 0) is 33.3 Å². The van der Waals surface area contributed by atoms with E-state index in [1.165, 1.54) is 128 Å². The first-order valence-corrected chi connectivity index (χ1v) is 31.0. The number of nitrogens with one attached hydrogen (secondary N) is 3. The SMILES string of the molecule is CCCCCCCC/C=C\CCCCCCCCNC(=O)O[C@@H]1CC[C@@]2(C)C(CCC3C4CCC(C(C)CCC(=O)NCCCCCC(=O)NCCOCCOCCO[C@H]5OC(CO)[C@@H](O)[C@H](O)C5O)[C@@]4(C)CCC32)C1. The lowest BCUT2D eigenvalue weighted by Gasteiger charge is -2.61. The summed E-state index contributed by atoms with van der Waals surface area (Å²) in [5.74, 6) is 4.24. The second-order valence-electron chi connectivity index (χ2n) is 24.4. The number of unbranched alkanes of at least 4 members (excludes halogenated alkanes) is 14. The van der Waals surface area contributed by atoms with Crippen LogP contribution >= 0.6 is 0 Å². The average Bonchev–Trinajstić information content (AvgIpc) is 3.77. The van der Waals surface area contributed by atoms with Crippen molar-refractivity contribution >= 4 is 17.9 Å². The number of aliphatic hydroxyl groups is 4. The van der Waals surface area contributed by atoms with Gasteiger partial charge in [0.1, 0.15) is 30.5 Å². The van der Waals surface area contributed by atoms with Crippen LogP contribution in [0.4, 0.5) is 4.79 Å². The van der Waals surface area contributed by atoms with Gasteiger partial charge >= 0.3 is 6.09 Å². The molecule has 14 atom stereocenters. The van der Waals surface area contributed by atoms with E-state index in [0.717, 1.165) is 62.7 Å². The summed E-state index contributed by atoms with van der Waals surface area (Å²) >= 11 is 0. The van der Waals surface area contributed by atoms with Crippen molar-refractivity contribution in [2.24, 2.45) is 46.3 Å². The van der Waals surface area contributed by atoms with Gasteiger partial charge in [0.05, 0.1) is 39.6 Å². The van der Waals surface area contributed by atoms with Gasteiger partial charge in [-0.3, -0.25) is 9.59 Å². The summed E-state index contributed by atoms with van der Waals surface area (Å²) < 4.78 is 27.7. The molecule has 0 radical (unpaired) electrons. The molecule has 15 heteroatoms. The summed E-state index contributed by atoms with van der Waals surface area (Å²) in [6, 6.07) is 0. The lowest BCUT2D eigenvalue weighted by molar-refractivity contribution is -0.302. The number of carbonyl (C=O) groups excluding carboxylic acids is 3. The van der Waals surface area contributed by atoms with Crippen LogP contribution in [-0.4, -0.2) is 134 Å². The molecule has 5 fully saturated rings. The molecule has 0 spiro atoms. The topological polar surface area (TPSA) is 214 Å². The predicted octanol–water partition coefficient (Wildman–Crippen LogP) is 9.84. The van der Waals surface area contributed by atoms with Crippen molar-refractivity contribution in [3.05, 3.63) is 12.2 Å². The van der Waals surface area contributed by atoms with Crippen molar-refractivity contribution in [1.82, 2.24) is 16.0 Å². The molecule has 5 aliphatic rings. The summed E-state index contributed by atoms with van der Waals surface area (Å²) in [5.41, 5.74) is 0.681. The molecule has 0 aromatic rings. The molecule has 4 aliphatic carbocycles. The predicted molar refractivity (Wildman–Crippen MR) is 297 cm³/mol. The maximum absolute atomic E-state index is 13.0. The molecule has 3 amide bonds. The van der Waals surface area contributed by atoms with Crippen molar-refractivity contribution in [2.45, 2.75) is 251 Å². The Bertz CT molecular complexity index is 1650. The van der Waals surface area contributed by atoms with Crippen LogP contribution in [0.2, 0.25) is 0 Å². The molecule has 15 nitrogen and oxygen atoms in total. The molecule has 5 rings (SSSR count). The Kier molecular flexibility index (Phi) is 30.0. The first kappa shape index (κ1) is 64.5. The molecule has 7 N–H and O–H groups in total. The quantitative estimate of drug-likeness (QED) is 0.0227. The lowest BCUT2D eigenvalue weighted by Crippen LogP contribution is -2.59. The van der Waals surface area contributed by atoms with E-state index in [-0.39, 0.29) is 37.2 Å². The van der Waals surface area contributed by atoms with Crippen LogP contribution in [0.1, 0.15) is 214 Å². The molecule has 0 aromatic carbocycles. The van der Waals surface area contributed by atoms with Crippen molar-refractivity contribution in [3.63, 3.8) is 0 Å². The highest BCUT2D eigenvalue weighted by molar-refractivity contribution is 5.76. The Labute approximate surface area is 459 Å². The molecule has 0 bridgehead atoms. The highest BCUT2D eigenvalue weighted by atomic mass is 16.7. The second kappa shape index (κ2) is 35.4. The lowest BCUT2D eigenvalue weighted by atomic mass is 9.44. The van der Waals surface area contributed by atoms with Crippen LogP contribution < -0.4 is 16.0 Å². The summed E-state index contributed by atoms with van der Waals surface area (Å²) in [7, 11) is 0. The second-order valence-corrected chi connectivity index (χ2v) is 24.4. The van der Waals surface area contributed by atoms with E-state index in [1.807, 2.05) is 0 Å². The van der Waals surface area contributed by atoms with E-state index in [2.05, 4.69) is 55.8 Å². The van der Waals surface area contributed by atoms with E-state index >= 15 is 0 Å². The molecule has 440 valence electrons. The minimum Gasteiger partial charge on any atom is -0.446 e. The standard InChI is InChI=1S/C61H109N3O12/c1-5-6-7-8-9-10-11-12-13-14-15-16-17-18-19-22-36-64-59(71)75-47-31-33-60(3)46(43-47)26-27-48-50-29-28-49(61(50,4)34-32-51(48)60)45(2)25-30-54(67)62-35-23-20-21-24-53(66)63-37-38-72-39-40-73-41-42-74-58-57(70)56(69)55(68)52(44-65)76-58/h12-13,45-52,55-58,65,68-70H,5-11,14-44H2,1-4H3,(H,62,67)(H,63,66)(H,64,71)/b13-12-/t45?,46?,47-,48?,49?,50?,51?,52?,55-,56+,57?,58+,60+,61-/m1/s1. The van der Waals surface area contributed by atoms with Crippen molar-refractivity contribution < 1.29 is 58.5 Å². The van der Waals surface area contributed by atoms with Crippen molar-refractivity contribution in [2.75, 3.05) is 59.3 Å². The molecule has 4 saturated carbocycles. The van der Waals surface area contributed by atoms with Gasteiger partial charge in [-0.05, 0) is 155 Å². The van der Waals surface area contributed by atoms with E-state index in [1.54, 1.807) is 0 Å². The third-order valence-electron chi connectivity index (χ3n) is 19.1.